The highest BCUT2D eigenvalue weighted by Crippen LogP contribution is 2.34. The van der Waals surface area contributed by atoms with Crippen LogP contribution in [-0.4, -0.2) is 17.8 Å². The molecule has 1 fully saturated rings. The molecule has 20 heavy (non-hydrogen) atoms. The molecule has 1 aromatic rings. The van der Waals surface area contributed by atoms with Gasteiger partial charge in [-0.2, -0.15) is 0 Å². The average molecular weight is 341 g/mol. The van der Waals surface area contributed by atoms with Gasteiger partial charge in [-0.15, -0.1) is 0 Å². The standard InChI is InChI=1S/C17H25BrO2/c1-2-4-13-7-8-17(19)14(11-13)9-10-20-16-6-3-5-15(18)12-16/h3,5-6,12-14,17,19H,2,4,7-11H2,1H3. The number of aliphatic hydroxyl groups excluding tert-OH is 1. The third kappa shape index (κ3) is 4.78. The van der Waals surface area contributed by atoms with E-state index < -0.39 is 0 Å². The average Bonchev–Trinajstić information content (AvgIpc) is 2.43. The van der Waals surface area contributed by atoms with Gasteiger partial charge >= 0.3 is 0 Å². The van der Waals surface area contributed by atoms with Crippen LogP contribution in [0.1, 0.15) is 45.4 Å². The Bertz CT molecular complexity index is 408. The Balaban J connectivity index is 1.77. The summed E-state index contributed by atoms with van der Waals surface area (Å²) in [7, 11) is 0. The van der Waals surface area contributed by atoms with Crippen molar-refractivity contribution < 1.29 is 9.84 Å². The number of benzene rings is 1. The SMILES string of the molecule is CCCC1CCC(O)C(CCOc2cccc(Br)c2)C1. The maximum absolute atomic E-state index is 10.1. The second-order valence-electron chi connectivity index (χ2n) is 5.89. The van der Waals surface area contributed by atoms with Crippen LogP contribution in [0.3, 0.4) is 0 Å². The lowest BCUT2D eigenvalue weighted by Crippen LogP contribution is -2.30. The van der Waals surface area contributed by atoms with Crippen LogP contribution in [0.2, 0.25) is 0 Å². The maximum Gasteiger partial charge on any atom is 0.120 e. The molecule has 3 heteroatoms. The number of rotatable bonds is 6. The van der Waals surface area contributed by atoms with Crippen LogP contribution < -0.4 is 4.74 Å². The van der Waals surface area contributed by atoms with Crippen molar-refractivity contribution in [1.29, 1.82) is 0 Å². The van der Waals surface area contributed by atoms with Crippen molar-refractivity contribution in [2.45, 2.75) is 51.6 Å². The van der Waals surface area contributed by atoms with Gasteiger partial charge in [0.2, 0.25) is 0 Å². The highest BCUT2D eigenvalue weighted by molar-refractivity contribution is 9.10. The van der Waals surface area contributed by atoms with Gasteiger partial charge < -0.3 is 9.84 Å². The van der Waals surface area contributed by atoms with Gasteiger partial charge in [0.1, 0.15) is 5.75 Å². The minimum absolute atomic E-state index is 0.130. The molecule has 1 saturated carbocycles. The zero-order valence-electron chi connectivity index (χ0n) is 12.2. The van der Waals surface area contributed by atoms with Crippen molar-refractivity contribution in [2.75, 3.05) is 6.61 Å². The lowest BCUT2D eigenvalue weighted by molar-refractivity contribution is 0.0350. The fraction of sp³-hybridized carbons (Fsp3) is 0.647. The first kappa shape index (κ1) is 15.8. The lowest BCUT2D eigenvalue weighted by atomic mass is 9.76. The van der Waals surface area contributed by atoms with E-state index >= 15 is 0 Å². The van der Waals surface area contributed by atoms with Crippen molar-refractivity contribution in [3.63, 3.8) is 0 Å². The summed E-state index contributed by atoms with van der Waals surface area (Å²) in [6, 6.07) is 7.93. The van der Waals surface area contributed by atoms with Crippen molar-refractivity contribution in [2.24, 2.45) is 11.8 Å². The number of halogens is 1. The number of aliphatic hydroxyl groups is 1. The number of hydrogen-bond acceptors (Lipinski definition) is 2. The molecule has 0 bridgehead atoms. The van der Waals surface area contributed by atoms with E-state index in [1.165, 1.54) is 19.3 Å². The van der Waals surface area contributed by atoms with Gasteiger partial charge in [0.05, 0.1) is 12.7 Å². The number of ether oxygens (including phenoxy) is 1. The van der Waals surface area contributed by atoms with Crippen molar-refractivity contribution in [3.05, 3.63) is 28.7 Å². The molecule has 2 rings (SSSR count). The predicted octanol–water partition coefficient (Wildman–Crippen LogP) is 4.80. The molecule has 0 aromatic heterocycles. The maximum atomic E-state index is 10.1. The van der Waals surface area contributed by atoms with E-state index in [-0.39, 0.29) is 6.10 Å². The van der Waals surface area contributed by atoms with E-state index in [0.29, 0.717) is 12.5 Å². The summed E-state index contributed by atoms with van der Waals surface area (Å²) < 4.78 is 6.83. The molecular weight excluding hydrogens is 316 g/mol. The largest absolute Gasteiger partial charge is 0.494 e. The summed E-state index contributed by atoms with van der Waals surface area (Å²) in [5.74, 6) is 2.11. The van der Waals surface area contributed by atoms with Crippen LogP contribution in [0.15, 0.2) is 28.7 Å². The van der Waals surface area contributed by atoms with Crippen molar-refractivity contribution >= 4 is 15.9 Å². The smallest absolute Gasteiger partial charge is 0.120 e. The molecule has 1 aliphatic carbocycles. The molecular formula is C17H25BrO2. The van der Waals surface area contributed by atoms with Crippen LogP contribution in [0.25, 0.3) is 0 Å². The summed E-state index contributed by atoms with van der Waals surface area (Å²) in [5, 5.41) is 10.1. The molecule has 0 radical (unpaired) electrons. The van der Waals surface area contributed by atoms with Crippen molar-refractivity contribution in [1.82, 2.24) is 0 Å². The summed E-state index contributed by atoms with van der Waals surface area (Å²) >= 11 is 3.45. The Morgan fingerprint density at radius 1 is 1.30 bits per heavy atom. The zero-order valence-corrected chi connectivity index (χ0v) is 13.8. The Labute approximate surface area is 130 Å². The topological polar surface area (TPSA) is 29.5 Å². The molecule has 1 N–H and O–H groups in total. The second kappa shape index (κ2) is 8.04. The van der Waals surface area contributed by atoms with Gasteiger partial charge in [-0.3, -0.25) is 0 Å². The first-order chi connectivity index (χ1) is 9.69. The molecule has 3 atom stereocenters. The summed E-state index contributed by atoms with van der Waals surface area (Å²) in [6.45, 7) is 2.94. The zero-order chi connectivity index (χ0) is 14.4. The van der Waals surface area contributed by atoms with E-state index in [0.717, 1.165) is 35.4 Å². The molecule has 0 aliphatic heterocycles. The Hall–Kier alpha value is -0.540. The summed E-state index contributed by atoms with van der Waals surface area (Å²) in [4.78, 5) is 0. The Kier molecular flexibility index (Phi) is 6.37. The molecule has 3 unspecified atom stereocenters. The predicted molar refractivity (Wildman–Crippen MR) is 86.0 cm³/mol. The Morgan fingerprint density at radius 2 is 2.15 bits per heavy atom. The van der Waals surface area contributed by atoms with Gasteiger partial charge in [0.25, 0.3) is 0 Å². The first-order valence-electron chi connectivity index (χ1n) is 7.75. The molecule has 1 aromatic carbocycles. The van der Waals surface area contributed by atoms with E-state index in [4.69, 9.17) is 4.74 Å². The molecule has 0 saturated heterocycles. The van der Waals surface area contributed by atoms with Gasteiger partial charge in [-0.1, -0.05) is 41.8 Å². The van der Waals surface area contributed by atoms with Crippen LogP contribution in [0, 0.1) is 11.8 Å². The minimum Gasteiger partial charge on any atom is -0.494 e. The van der Waals surface area contributed by atoms with Crippen LogP contribution in [-0.2, 0) is 0 Å². The second-order valence-corrected chi connectivity index (χ2v) is 6.81. The quantitative estimate of drug-likeness (QED) is 0.806. The van der Waals surface area contributed by atoms with E-state index in [1.807, 2.05) is 24.3 Å². The van der Waals surface area contributed by atoms with Gasteiger partial charge in [0, 0.05) is 4.47 Å². The number of hydrogen-bond donors (Lipinski definition) is 1. The van der Waals surface area contributed by atoms with Crippen molar-refractivity contribution in [3.8, 4) is 5.75 Å². The molecule has 0 amide bonds. The third-order valence-electron chi connectivity index (χ3n) is 4.30. The fourth-order valence-electron chi connectivity index (χ4n) is 3.21. The highest BCUT2D eigenvalue weighted by atomic mass is 79.9. The van der Waals surface area contributed by atoms with E-state index in [2.05, 4.69) is 22.9 Å². The summed E-state index contributed by atoms with van der Waals surface area (Å²) in [6.07, 6.45) is 6.70. The molecule has 1 aliphatic rings. The van der Waals surface area contributed by atoms with Crippen LogP contribution in [0.5, 0.6) is 5.75 Å². The van der Waals surface area contributed by atoms with Gasteiger partial charge in [0.15, 0.2) is 0 Å². The van der Waals surface area contributed by atoms with E-state index in [9.17, 15) is 5.11 Å². The minimum atomic E-state index is -0.130. The lowest BCUT2D eigenvalue weighted by Gasteiger charge is -2.33. The molecule has 2 nitrogen and oxygen atoms in total. The molecule has 112 valence electrons. The monoisotopic (exact) mass is 340 g/mol. The van der Waals surface area contributed by atoms with Crippen LogP contribution >= 0.6 is 15.9 Å². The summed E-state index contributed by atoms with van der Waals surface area (Å²) in [5.41, 5.74) is 0. The normalized spacial score (nSPS) is 26.4. The van der Waals surface area contributed by atoms with E-state index in [1.54, 1.807) is 0 Å². The third-order valence-corrected chi connectivity index (χ3v) is 4.79. The Morgan fingerprint density at radius 3 is 2.90 bits per heavy atom. The van der Waals surface area contributed by atoms with Crippen LogP contribution in [0.4, 0.5) is 0 Å². The van der Waals surface area contributed by atoms with Gasteiger partial charge in [-0.05, 0) is 55.7 Å². The highest BCUT2D eigenvalue weighted by Gasteiger charge is 2.28. The molecule has 0 heterocycles. The first-order valence-corrected chi connectivity index (χ1v) is 8.54. The van der Waals surface area contributed by atoms with Gasteiger partial charge in [-0.25, -0.2) is 0 Å². The fourth-order valence-corrected chi connectivity index (χ4v) is 3.59. The molecule has 0 spiro atoms.